The van der Waals surface area contributed by atoms with Crippen LogP contribution in [0.4, 0.5) is 23.7 Å². The summed E-state index contributed by atoms with van der Waals surface area (Å²) in [7, 11) is 0. The van der Waals surface area contributed by atoms with Gasteiger partial charge >= 0.3 is 6.03 Å². The standard InChI is InChI=1S/C21H21ClF3N5O2/c1-2-26-21(31)28-6-5-27-18-10-13-12(9-16(24)19(25)20(13)29-18)17(30-32)8-11-3-4-15(23)14(22)7-11/h3-4,7,9,32H,2,5-6,8,10H2,1H3,(H,27,29)(H2,26,28,31)/b30-17+. The number of nitrogens with zero attached hydrogens (tertiary/aromatic N) is 2. The third-order valence-corrected chi connectivity index (χ3v) is 5.05. The van der Waals surface area contributed by atoms with E-state index in [1.165, 1.54) is 18.2 Å². The van der Waals surface area contributed by atoms with E-state index in [0.29, 0.717) is 23.5 Å². The minimum Gasteiger partial charge on any atom is -0.411 e. The molecule has 1 aliphatic rings. The van der Waals surface area contributed by atoms with E-state index in [-0.39, 0.29) is 53.9 Å². The molecule has 4 N–H and O–H groups in total. The molecule has 0 saturated carbocycles. The lowest BCUT2D eigenvalue weighted by Crippen LogP contribution is -2.36. The summed E-state index contributed by atoms with van der Waals surface area (Å²) < 4.78 is 42.1. The van der Waals surface area contributed by atoms with Gasteiger partial charge in [-0.15, -0.1) is 0 Å². The fourth-order valence-corrected chi connectivity index (χ4v) is 3.50. The molecular weight excluding hydrogens is 447 g/mol. The van der Waals surface area contributed by atoms with E-state index in [0.717, 1.165) is 6.07 Å². The SMILES string of the molecule is CCNC(=O)NCCN=C1Cc2c(/C(Cc3ccc(F)c(Cl)c3)=N/O)cc(F)c(F)c2N1. The molecule has 1 aliphatic heterocycles. The molecule has 7 nitrogen and oxygen atoms in total. The number of fused-ring (bicyclic) bond motifs is 1. The fourth-order valence-electron chi connectivity index (χ4n) is 3.30. The Labute approximate surface area is 187 Å². The second kappa shape index (κ2) is 10.4. The van der Waals surface area contributed by atoms with Gasteiger partial charge < -0.3 is 21.2 Å². The zero-order chi connectivity index (χ0) is 23.3. The molecule has 1 heterocycles. The van der Waals surface area contributed by atoms with Crippen LogP contribution < -0.4 is 16.0 Å². The maximum atomic E-state index is 14.4. The maximum Gasteiger partial charge on any atom is 0.314 e. The second-order valence-corrected chi connectivity index (χ2v) is 7.37. The summed E-state index contributed by atoms with van der Waals surface area (Å²) in [6, 6.07) is 4.63. The first-order valence-corrected chi connectivity index (χ1v) is 10.2. The van der Waals surface area contributed by atoms with Crippen LogP contribution in [-0.4, -0.2) is 42.4 Å². The summed E-state index contributed by atoms with van der Waals surface area (Å²) in [6.07, 6.45) is 0.156. The number of aliphatic imine (C=N–C) groups is 1. The molecule has 0 aromatic heterocycles. The van der Waals surface area contributed by atoms with Crippen molar-refractivity contribution in [2.24, 2.45) is 10.1 Å². The molecule has 0 spiro atoms. The Kier molecular flexibility index (Phi) is 7.57. The predicted molar refractivity (Wildman–Crippen MR) is 116 cm³/mol. The van der Waals surface area contributed by atoms with Crippen LogP contribution in [0.1, 0.15) is 23.6 Å². The van der Waals surface area contributed by atoms with Crippen molar-refractivity contribution in [2.45, 2.75) is 19.8 Å². The van der Waals surface area contributed by atoms with Crippen molar-refractivity contribution in [1.82, 2.24) is 10.6 Å². The summed E-state index contributed by atoms with van der Waals surface area (Å²) in [4.78, 5) is 15.7. The van der Waals surface area contributed by atoms with Crippen LogP contribution in [0, 0.1) is 17.5 Å². The second-order valence-electron chi connectivity index (χ2n) is 6.96. The quantitative estimate of drug-likeness (QED) is 0.215. The van der Waals surface area contributed by atoms with Crippen molar-refractivity contribution < 1.29 is 23.2 Å². The van der Waals surface area contributed by atoms with Gasteiger partial charge in [-0.05, 0) is 36.2 Å². The number of halogens is 4. The van der Waals surface area contributed by atoms with Gasteiger partial charge in [-0.2, -0.15) is 0 Å². The van der Waals surface area contributed by atoms with Crippen molar-refractivity contribution in [2.75, 3.05) is 25.0 Å². The number of amides is 2. The van der Waals surface area contributed by atoms with Crippen molar-refractivity contribution >= 4 is 34.9 Å². The van der Waals surface area contributed by atoms with Crippen LogP contribution >= 0.6 is 11.6 Å². The Morgan fingerprint density at radius 3 is 2.69 bits per heavy atom. The molecule has 0 aliphatic carbocycles. The molecule has 170 valence electrons. The van der Waals surface area contributed by atoms with Gasteiger partial charge in [-0.25, -0.2) is 18.0 Å². The van der Waals surface area contributed by atoms with Gasteiger partial charge in [0.25, 0.3) is 0 Å². The number of carbonyl (C=O) groups is 1. The molecule has 2 amide bonds. The monoisotopic (exact) mass is 467 g/mol. The highest BCUT2D eigenvalue weighted by molar-refractivity contribution is 6.30. The maximum absolute atomic E-state index is 14.4. The Balaban J connectivity index is 1.81. The molecule has 0 radical (unpaired) electrons. The third kappa shape index (κ3) is 5.31. The average Bonchev–Trinajstić information content (AvgIpc) is 3.19. The van der Waals surface area contributed by atoms with Gasteiger partial charge in [0.15, 0.2) is 11.6 Å². The molecule has 0 fully saturated rings. The lowest BCUT2D eigenvalue weighted by atomic mass is 9.95. The highest BCUT2D eigenvalue weighted by Crippen LogP contribution is 2.33. The molecule has 0 saturated heterocycles. The molecule has 3 rings (SSSR count). The van der Waals surface area contributed by atoms with E-state index in [1.807, 2.05) is 0 Å². The van der Waals surface area contributed by atoms with E-state index >= 15 is 0 Å². The number of hydrogen-bond acceptors (Lipinski definition) is 4. The molecular formula is C21H21ClF3N5O2. The zero-order valence-corrected chi connectivity index (χ0v) is 17.9. The first kappa shape index (κ1) is 23.4. The van der Waals surface area contributed by atoms with Gasteiger partial charge in [0.05, 0.1) is 23.0 Å². The number of urea groups is 1. The number of anilines is 1. The Hall–Kier alpha value is -3.27. The number of carbonyl (C=O) groups excluding carboxylic acids is 1. The first-order chi connectivity index (χ1) is 15.3. The van der Waals surface area contributed by atoms with E-state index < -0.39 is 17.5 Å². The van der Waals surface area contributed by atoms with Crippen molar-refractivity contribution in [3.63, 3.8) is 0 Å². The van der Waals surface area contributed by atoms with Crippen LogP contribution in [0.2, 0.25) is 5.02 Å². The summed E-state index contributed by atoms with van der Waals surface area (Å²) in [5.74, 6) is -2.41. The average molecular weight is 468 g/mol. The Morgan fingerprint density at radius 2 is 2.00 bits per heavy atom. The smallest absolute Gasteiger partial charge is 0.314 e. The molecule has 0 unspecified atom stereocenters. The normalized spacial score (nSPS) is 14.3. The van der Waals surface area contributed by atoms with Crippen molar-refractivity contribution in [3.8, 4) is 0 Å². The lowest BCUT2D eigenvalue weighted by Gasteiger charge is -2.11. The summed E-state index contributed by atoms with van der Waals surface area (Å²) in [5.41, 5.74) is 1.07. The molecule has 32 heavy (non-hydrogen) atoms. The number of rotatable bonds is 7. The van der Waals surface area contributed by atoms with Gasteiger partial charge in [0, 0.05) is 31.5 Å². The minimum absolute atomic E-state index is 0.0109. The van der Waals surface area contributed by atoms with Crippen LogP contribution in [0.15, 0.2) is 34.4 Å². The van der Waals surface area contributed by atoms with E-state index in [4.69, 9.17) is 11.6 Å². The van der Waals surface area contributed by atoms with Crippen LogP contribution in [0.3, 0.4) is 0 Å². The van der Waals surface area contributed by atoms with Gasteiger partial charge in [-0.3, -0.25) is 4.99 Å². The predicted octanol–water partition coefficient (Wildman–Crippen LogP) is 3.86. The van der Waals surface area contributed by atoms with Crippen molar-refractivity contribution in [1.29, 1.82) is 0 Å². The van der Waals surface area contributed by atoms with Gasteiger partial charge in [0.1, 0.15) is 11.7 Å². The number of benzene rings is 2. The van der Waals surface area contributed by atoms with Crippen LogP contribution in [-0.2, 0) is 12.8 Å². The zero-order valence-electron chi connectivity index (χ0n) is 17.1. The fraction of sp³-hybridized carbons (Fsp3) is 0.286. The summed E-state index contributed by atoms with van der Waals surface area (Å²) in [5, 5.41) is 20.7. The van der Waals surface area contributed by atoms with Gasteiger partial charge in [-0.1, -0.05) is 22.8 Å². The lowest BCUT2D eigenvalue weighted by molar-refractivity contribution is 0.241. The van der Waals surface area contributed by atoms with Crippen LogP contribution in [0.5, 0.6) is 0 Å². The van der Waals surface area contributed by atoms with E-state index in [1.54, 1.807) is 6.92 Å². The van der Waals surface area contributed by atoms with E-state index in [2.05, 4.69) is 26.1 Å². The summed E-state index contributed by atoms with van der Waals surface area (Å²) in [6.45, 7) is 2.76. The molecule has 2 aromatic rings. The van der Waals surface area contributed by atoms with Crippen molar-refractivity contribution in [3.05, 3.63) is 63.4 Å². The highest BCUT2D eigenvalue weighted by Gasteiger charge is 2.28. The number of nitrogens with one attached hydrogen (secondary N) is 3. The largest absolute Gasteiger partial charge is 0.411 e. The van der Waals surface area contributed by atoms with Crippen LogP contribution in [0.25, 0.3) is 0 Å². The molecule has 0 bridgehead atoms. The minimum atomic E-state index is -1.12. The molecule has 11 heteroatoms. The third-order valence-electron chi connectivity index (χ3n) is 4.77. The number of amidine groups is 1. The molecule has 0 atom stereocenters. The summed E-state index contributed by atoms with van der Waals surface area (Å²) >= 11 is 5.80. The number of hydrogen-bond donors (Lipinski definition) is 4. The first-order valence-electron chi connectivity index (χ1n) is 9.82. The Bertz CT molecular complexity index is 1090. The van der Waals surface area contributed by atoms with Gasteiger partial charge in [0.2, 0.25) is 0 Å². The number of oxime groups is 1. The molecule has 2 aromatic carbocycles. The topological polar surface area (TPSA) is 98.1 Å². The highest BCUT2D eigenvalue weighted by atomic mass is 35.5. The Morgan fingerprint density at radius 1 is 1.22 bits per heavy atom. The van der Waals surface area contributed by atoms with E-state index in [9.17, 15) is 23.2 Å².